The van der Waals surface area contributed by atoms with Gasteiger partial charge in [-0.05, 0) is 17.5 Å². The minimum absolute atomic E-state index is 0.469. The number of nitrogens with zero attached hydrogens (tertiary/aromatic N) is 1. The summed E-state index contributed by atoms with van der Waals surface area (Å²) in [6.45, 7) is 2.22. The molecule has 1 heterocycles. The molecule has 2 aromatic carbocycles. The van der Waals surface area contributed by atoms with Crippen LogP contribution in [-0.2, 0) is 0 Å². The Hall–Kier alpha value is -1.26. The van der Waals surface area contributed by atoms with Crippen molar-refractivity contribution in [1.29, 1.82) is 0 Å². The first-order valence-corrected chi connectivity index (χ1v) is 7.98. The molecule has 1 aliphatic rings. The molecule has 0 bridgehead atoms. The van der Waals surface area contributed by atoms with Crippen LogP contribution in [0.15, 0.2) is 36.4 Å². The van der Waals surface area contributed by atoms with Crippen LogP contribution in [0, 0.1) is 0 Å². The van der Waals surface area contributed by atoms with Gasteiger partial charge in [0.05, 0.1) is 0 Å². The normalized spacial score (nSPS) is 15.7. The minimum Gasteiger partial charge on any atom is -0.389 e. The highest BCUT2D eigenvalue weighted by atomic mass is 32.2. The summed E-state index contributed by atoms with van der Waals surface area (Å²) in [6, 6.07) is 12.6. The molecule has 0 saturated carbocycles. The number of anilines is 1. The Kier molecular flexibility index (Phi) is 3.62. The fraction of sp³-hybridized carbons (Fsp3) is 0.267. The summed E-state index contributed by atoms with van der Waals surface area (Å²) in [7, 11) is 0. The van der Waals surface area contributed by atoms with Gasteiger partial charge in [0, 0.05) is 41.2 Å². The monoisotopic (exact) mass is 288 g/mol. The minimum atomic E-state index is 0.469. The van der Waals surface area contributed by atoms with Gasteiger partial charge in [-0.2, -0.15) is 11.8 Å². The van der Waals surface area contributed by atoms with Gasteiger partial charge in [0.2, 0.25) is 0 Å². The third-order valence-corrected chi connectivity index (χ3v) is 4.68. The Balaban J connectivity index is 2.15. The van der Waals surface area contributed by atoms with Gasteiger partial charge in [0.25, 0.3) is 0 Å². The van der Waals surface area contributed by atoms with Crippen LogP contribution in [-0.4, -0.2) is 29.6 Å². The zero-order valence-electron chi connectivity index (χ0n) is 10.6. The van der Waals surface area contributed by atoms with E-state index < -0.39 is 0 Å². The van der Waals surface area contributed by atoms with Gasteiger partial charge >= 0.3 is 0 Å². The zero-order chi connectivity index (χ0) is 13.2. The van der Waals surface area contributed by atoms with Crippen molar-refractivity contribution in [2.45, 2.75) is 0 Å². The number of thiocarbonyl (C=S) groups is 1. The molecule has 98 valence electrons. The van der Waals surface area contributed by atoms with E-state index in [1.807, 2.05) is 17.8 Å². The quantitative estimate of drug-likeness (QED) is 0.860. The highest BCUT2D eigenvalue weighted by Gasteiger charge is 2.15. The van der Waals surface area contributed by atoms with Crippen molar-refractivity contribution in [1.82, 2.24) is 0 Å². The van der Waals surface area contributed by atoms with Crippen LogP contribution in [0.25, 0.3) is 10.8 Å². The number of nitrogens with two attached hydrogens (primary N) is 1. The summed E-state index contributed by atoms with van der Waals surface area (Å²) in [4.78, 5) is 2.93. The van der Waals surface area contributed by atoms with Crippen molar-refractivity contribution in [3.05, 3.63) is 42.0 Å². The number of benzene rings is 2. The zero-order valence-corrected chi connectivity index (χ0v) is 12.3. The summed E-state index contributed by atoms with van der Waals surface area (Å²) < 4.78 is 0. The Morgan fingerprint density at radius 2 is 1.74 bits per heavy atom. The molecule has 1 saturated heterocycles. The van der Waals surface area contributed by atoms with Gasteiger partial charge in [0.15, 0.2) is 0 Å². The second-order valence-electron chi connectivity index (χ2n) is 4.64. The van der Waals surface area contributed by atoms with E-state index in [0.717, 1.165) is 24.0 Å². The molecule has 3 rings (SSSR count). The first-order chi connectivity index (χ1) is 9.27. The molecule has 0 atom stereocenters. The van der Waals surface area contributed by atoms with Crippen molar-refractivity contribution in [3.8, 4) is 0 Å². The molecule has 1 fully saturated rings. The van der Waals surface area contributed by atoms with Gasteiger partial charge in [-0.15, -0.1) is 0 Å². The fourth-order valence-electron chi connectivity index (χ4n) is 2.58. The number of hydrogen-bond donors (Lipinski definition) is 1. The highest BCUT2D eigenvalue weighted by molar-refractivity contribution is 7.99. The molecule has 0 radical (unpaired) electrons. The van der Waals surface area contributed by atoms with E-state index in [0.29, 0.717) is 4.99 Å². The standard InChI is InChI=1S/C15H16N2S2/c16-15(18)13-5-6-14(17-7-9-19-10-8-17)12-4-2-1-3-11(12)13/h1-6H,7-10H2,(H2,16,18). The molecule has 0 spiro atoms. The molecule has 1 aliphatic heterocycles. The van der Waals surface area contributed by atoms with Crippen LogP contribution in [0.1, 0.15) is 5.56 Å². The molecule has 0 amide bonds. The van der Waals surface area contributed by atoms with Gasteiger partial charge in [-0.3, -0.25) is 0 Å². The molecule has 0 aliphatic carbocycles. The maximum Gasteiger partial charge on any atom is 0.104 e. The number of rotatable bonds is 2. The first-order valence-electron chi connectivity index (χ1n) is 6.41. The SMILES string of the molecule is NC(=S)c1ccc(N2CCSCC2)c2ccccc12. The van der Waals surface area contributed by atoms with Gasteiger partial charge in [-0.1, -0.05) is 36.5 Å². The van der Waals surface area contributed by atoms with Crippen LogP contribution >= 0.6 is 24.0 Å². The van der Waals surface area contributed by atoms with E-state index in [1.165, 1.54) is 22.6 Å². The highest BCUT2D eigenvalue weighted by Crippen LogP contribution is 2.31. The van der Waals surface area contributed by atoms with Crippen LogP contribution in [0.4, 0.5) is 5.69 Å². The predicted molar refractivity (Wildman–Crippen MR) is 89.4 cm³/mol. The average Bonchev–Trinajstić information content (AvgIpc) is 2.47. The predicted octanol–water partition coefficient (Wildman–Crippen LogP) is 3.03. The Labute approximate surface area is 123 Å². The van der Waals surface area contributed by atoms with E-state index in [9.17, 15) is 0 Å². The van der Waals surface area contributed by atoms with Crippen LogP contribution in [0.3, 0.4) is 0 Å². The van der Waals surface area contributed by atoms with Crippen molar-refractivity contribution in [2.75, 3.05) is 29.5 Å². The van der Waals surface area contributed by atoms with E-state index in [2.05, 4.69) is 35.2 Å². The third-order valence-electron chi connectivity index (χ3n) is 3.52. The smallest absolute Gasteiger partial charge is 0.104 e. The van der Waals surface area contributed by atoms with Crippen LogP contribution in [0.5, 0.6) is 0 Å². The van der Waals surface area contributed by atoms with Crippen molar-refractivity contribution >= 4 is 45.4 Å². The first kappa shape index (κ1) is 12.8. The molecule has 0 aromatic heterocycles. The van der Waals surface area contributed by atoms with Crippen molar-refractivity contribution < 1.29 is 0 Å². The summed E-state index contributed by atoms with van der Waals surface area (Å²) in [6.07, 6.45) is 0. The second kappa shape index (κ2) is 5.39. The molecule has 2 nitrogen and oxygen atoms in total. The molecule has 2 N–H and O–H groups in total. The molecule has 4 heteroatoms. The number of thioether (sulfide) groups is 1. The van der Waals surface area contributed by atoms with Crippen molar-refractivity contribution in [2.24, 2.45) is 5.73 Å². The Bertz CT molecular complexity index is 619. The van der Waals surface area contributed by atoms with E-state index >= 15 is 0 Å². The summed E-state index contributed by atoms with van der Waals surface area (Å²) in [5, 5.41) is 2.41. The summed E-state index contributed by atoms with van der Waals surface area (Å²) >= 11 is 7.17. The lowest BCUT2D eigenvalue weighted by molar-refractivity contribution is 0.863. The largest absolute Gasteiger partial charge is 0.389 e. The lowest BCUT2D eigenvalue weighted by atomic mass is 10.0. The van der Waals surface area contributed by atoms with Crippen LogP contribution in [0.2, 0.25) is 0 Å². The van der Waals surface area contributed by atoms with Gasteiger partial charge < -0.3 is 10.6 Å². The average molecular weight is 288 g/mol. The third kappa shape index (κ3) is 2.42. The van der Waals surface area contributed by atoms with Gasteiger partial charge in [0.1, 0.15) is 4.99 Å². The van der Waals surface area contributed by atoms with E-state index in [1.54, 1.807) is 0 Å². The molecular formula is C15H16N2S2. The Morgan fingerprint density at radius 1 is 1.05 bits per heavy atom. The maximum absolute atomic E-state index is 5.82. The summed E-state index contributed by atoms with van der Waals surface area (Å²) in [5.41, 5.74) is 8.10. The number of fused-ring (bicyclic) bond motifs is 1. The van der Waals surface area contributed by atoms with Crippen LogP contribution < -0.4 is 10.6 Å². The lowest BCUT2D eigenvalue weighted by Gasteiger charge is -2.30. The number of hydrogen-bond acceptors (Lipinski definition) is 3. The van der Waals surface area contributed by atoms with Gasteiger partial charge in [-0.25, -0.2) is 0 Å². The van der Waals surface area contributed by atoms with E-state index in [-0.39, 0.29) is 0 Å². The molecule has 2 aromatic rings. The van der Waals surface area contributed by atoms with E-state index in [4.69, 9.17) is 18.0 Å². The topological polar surface area (TPSA) is 29.3 Å². The lowest BCUT2D eigenvalue weighted by Crippen LogP contribution is -2.32. The molecule has 19 heavy (non-hydrogen) atoms. The fourth-order valence-corrected chi connectivity index (χ4v) is 3.66. The Morgan fingerprint density at radius 3 is 2.42 bits per heavy atom. The second-order valence-corrected chi connectivity index (χ2v) is 6.31. The maximum atomic E-state index is 5.82. The molecule has 0 unspecified atom stereocenters. The van der Waals surface area contributed by atoms with Crippen molar-refractivity contribution in [3.63, 3.8) is 0 Å². The molecular weight excluding hydrogens is 272 g/mol. The summed E-state index contributed by atoms with van der Waals surface area (Å²) in [5.74, 6) is 2.40.